The Balaban J connectivity index is 1.38. The fourth-order valence-corrected chi connectivity index (χ4v) is 5.18. The van der Waals surface area contributed by atoms with Crippen LogP contribution in [0.25, 0.3) is 5.69 Å². The lowest BCUT2D eigenvalue weighted by molar-refractivity contribution is 0.00254. The van der Waals surface area contributed by atoms with Crippen molar-refractivity contribution < 1.29 is 23.5 Å². The van der Waals surface area contributed by atoms with Crippen LogP contribution < -0.4 is 21.7 Å². The van der Waals surface area contributed by atoms with Crippen LogP contribution >= 0.6 is 0 Å². The normalized spacial score (nSPS) is 18.1. The summed E-state index contributed by atoms with van der Waals surface area (Å²) in [5.41, 5.74) is 7.49. The third-order valence-corrected chi connectivity index (χ3v) is 7.35. The molecule has 0 saturated heterocycles. The molecule has 1 fully saturated rings. The summed E-state index contributed by atoms with van der Waals surface area (Å²) in [4.78, 5) is 35.3. The van der Waals surface area contributed by atoms with Gasteiger partial charge in [-0.05, 0) is 64.7 Å². The van der Waals surface area contributed by atoms with E-state index in [0.717, 1.165) is 11.6 Å². The molecule has 5 N–H and O–H groups in total. The van der Waals surface area contributed by atoms with Gasteiger partial charge in [0.25, 0.3) is 5.91 Å². The van der Waals surface area contributed by atoms with Gasteiger partial charge in [-0.1, -0.05) is 30.3 Å². The number of amides is 2. The van der Waals surface area contributed by atoms with Crippen molar-refractivity contribution in [2.75, 3.05) is 10.6 Å². The fourth-order valence-electron chi connectivity index (χ4n) is 5.18. The molecule has 242 valence electrons. The van der Waals surface area contributed by atoms with E-state index in [9.17, 15) is 9.59 Å². The third kappa shape index (κ3) is 8.33. The summed E-state index contributed by atoms with van der Waals surface area (Å²) in [5, 5.41) is 17.4. The van der Waals surface area contributed by atoms with Crippen molar-refractivity contribution in [3.05, 3.63) is 83.7 Å². The van der Waals surface area contributed by atoms with Gasteiger partial charge in [0.15, 0.2) is 11.6 Å². The van der Waals surface area contributed by atoms with Gasteiger partial charge in [-0.15, -0.1) is 4.80 Å². The maximum atomic E-state index is 15.5. The molecule has 3 atom stereocenters. The van der Waals surface area contributed by atoms with Crippen LogP contribution in [0.2, 0.25) is 0 Å². The molecule has 0 radical (unpaired) electrons. The quantitative estimate of drug-likeness (QED) is 0.191. The number of carbonyl (C=O) groups excluding carboxylic acids is 2. The summed E-state index contributed by atoms with van der Waals surface area (Å²) in [6.45, 7) is 7.57. The molecule has 4 aromatic rings. The summed E-state index contributed by atoms with van der Waals surface area (Å²) in [7, 11) is 0. The van der Waals surface area contributed by atoms with Crippen LogP contribution in [0.1, 0.15) is 61.6 Å². The lowest BCUT2D eigenvalue weighted by atomic mass is 9.88. The van der Waals surface area contributed by atoms with Gasteiger partial charge in [0, 0.05) is 6.04 Å². The number of nitrogens with one attached hydrogen (secondary N) is 3. The Bertz CT molecular complexity index is 1660. The van der Waals surface area contributed by atoms with Crippen LogP contribution in [-0.4, -0.2) is 60.8 Å². The molecule has 1 aliphatic rings. The van der Waals surface area contributed by atoms with Crippen LogP contribution in [0.15, 0.2) is 61.1 Å². The molecule has 2 amide bonds. The van der Waals surface area contributed by atoms with Crippen LogP contribution in [0.4, 0.5) is 26.5 Å². The highest BCUT2D eigenvalue weighted by Gasteiger charge is 2.34. The van der Waals surface area contributed by atoms with E-state index in [1.807, 2.05) is 30.3 Å². The molecular weight excluding hydrogens is 593 g/mol. The number of aromatic nitrogens is 5. The van der Waals surface area contributed by atoms with E-state index >= 15 is 4.39 Å². The minimum atomic E-state index is -0.866. The Morgan fingerprint density at radius 1 is 1.07 bits per heavy atom. The molecule has 1 saturated carbocycles. The second-order valence-corrected chi connectivity index (χ2v) is 12.1. The average molecular weight is 632 g/mol. The van der Waals surface area contributed by atoms with Crippen molar-refractivity contribution in [2.45, 2.75) is 77.4 Å². The summed E-state index contributed by atoms with van der Waals surface area (Å²) in [6.07, 6.45) is 5.51. The first kappa shape index (κ1) is 32.3. The van der Waals surface area contributed by atoms with E-state index in [-0.39, 0.29) is 23.3 Å². The number of nitrogens with zero attached hydrogens (tertiary/aromatic N) is 5. The second kappa shape index (κ2) is 13.9. The zero-order valence-electron chi connectivity index (χ0n) is 26.2. The summed E-state index contributed by atoms with van der Waals surface area (Å²) in [5.74, 6) is -1.74. The van der Waals surface area contributed by atoms with Crippen LogP contribution in [0.5, 0.6) is 0 Å². The maximum Gasteiger partial charge on any atom is 0.407 e. The number of halogens is 1. The Morgan fingerprint density at radius 3 is 2.50 bits per heavy atom. The highest BCUT2D eigenvalue weighted by molar-refractivity contribution is 5.98. The summed E-state index contributed by atoms with van der Waals surface area (Å²) in [6, 6.07) is 11.7. The lowest BCUT2D eigenvalue weighted by Crippen LogP contribution is -2.52. The summed E-state index contributed by atoms with van der Waals surface area (Å²) >= 11 is 0. The number of pyridine rings is 2. The molecule has 46 heavy (non-hydrogen) atoms. The molecule has 1 aromatic carbocycles. The van der Waals surface area contributed by atoms with E-state index in [4.69, 9.17) is 15.2 Å². The van der Waals surface area contributed by atoms with Crippen molar-refractivity contribution in [3.63, 3.8) is 0 Å². The van der Waals surface area contributed by atoms with E-state index in [2.05, 4.69) is 36.1 Å². The van der Waals surface area contributed by atoms with Gasteiger partial charge in [-0.2, -0.15) is 10.2 Å². The molecule has 5 rings (SSSR count). The smallest absolute Gasteiger partial charge is 0.407 e. The Labute approximate surface area is 266 Å². The van der Waals surface area contributed by atoms with Gasteiger partial charge in [0.2, 0.25) is 0 Å². The number of anilines is 3. The lowest BCUT2D eigenvalue weighted by Gasteiger charge is -2.37. The number of alkyl carbamates (subject to hydrolysis) is 1. The van der Waals surface area contributed by atoms with Crippen molar-refractivity contribution in [1.82, 2.24) is 30.3 Å². The zero-order chi connectivity index (χ0) is 32.8. The van der Waals surface area contributed by atoms with Crippen molar-refractivity contribution in [1.29, 1.82) is 0 Å². The first-order chi connectivity index (χ1) is 21.9. The Kier molecular flexibility index (Phi) is 9.75. The number of primary amides is 1. The van der Waals surface area contributed by atoms with E-state index < -0.39 is 35.5 Å². The van der Waals surface area contributed by atoms with Crippen molar-refractivity contribution in [2.24, 2.45) is 5.73 Å². The fraction of sp³-hybridized carbons (Fsp3) is 0.375. The molecular formula is C32H38FN9O4. The van der Waals surface area contributed by atoms with E-state index in [1.54, 1.807) is 40.0 Å². The van der Waals surface area contributed by atoms with Gasteiger partial charge in [0.05, 0.1) is 54.3 Å². The van der Waals surface area contributed by atoms with Gasteiger partial charge in [0.1, 0.15) is 17.1 Å². The van der Waals surface area contributed by atoms with Gasteiger partial charge in [-0.3, -0.25) is 9.78 Å². The van der Waals surface area contributed by atoms with Crippen LogP contribution in [0, 0.1) is 12.7 Å². The van der Waals surface area contributed by atoms with Crippen molar-refractivity contribution >= 4 is 29.3 Å². The minimum absolute atomic E-state index is 0.0259. The van der Waals surface area contributed by atoms with E-state index in [1.165, 1.54) is 17.2 Å². The molecule has 1 unspecified atom stereocenters. The average Bonchev–Trinajstić information content (AvgIpc) is 3.54. The number of aryl methyl sites for hydroxylation is 1. The molecule has 0 aliphatic heterocycles. The first-order valence-electron chi connectivity index (χ1n) is 15.0. The molecule has 3 aromatic heterocycles. The highest BCUT2D eigenvalue weighted by atomic mass is 19.1. The highest BCUT2D eigenvalue weighted by Crippen LogP contribution is 2.29. The number of nitrogens with two attached hydrogens (primary N) is 1. The SMILES string of the molecule is Cc1ncc(Nc2nc(NC3CC[C@@H](OCc4ccccc4)C[C@@H]3NC(=O)OC(C)(C)C)c(F)cc2C(N)=O)cc1-n1nccn1. The molecule has 0 spiro atoms. The van der Waals surface area contributed by atoms with E-state index in [0.29, 0.717) is 42.9 Å². The Hall–Kier alpha value is -5.11. The molecule has 1 aliphatic carbocycles. The second-order valence-electron chi connectivity index (χ2n) is 12.1. The minimum Gasteiger partial charge on any atom is -0.444 e. The van der Waals surface area contributed by atoms with Gasteiger partial charge < -0.3 is 31.2 Å². The predicted molar refractivity (Wildman–Crippen MR) is 169 cm³/mol. The largest absolute Gasteiger partial charge is 0.444 e. The number of hydrogen-bond acceptors (Lipinski definition) is 10. The molecule has 14 heteroatoms. The number of benzene rings is 1. The van der Waals surface area contributed by atoms with Crippen LogP contribution in [0.3, 0.4) is 0 Å². The standard InChI is InChI=1S/C32H38FN9O4/c1-19-27(42-36-12-13-37-42)14-21(17-35-19)38-29-23(28(34)43)16-24(33)30(41-29)39-25-11-10-22(45-18-20-8-6-5-7-9-20)15-26(25)40-31(44)46-32(2,3)4/h5-9,12-14,16-17,22,25-26H,10-11,15,18H2,1-4H3,(H2,34,43)(H,40,44)(H2,38,39,41)/t22-,25?,26+/m1/s1. The van der Waals surface area contributed by atoms with Crippen LogP contribution in [-0.2, 0) is 16.1 Å². The predicted octanol–water partition coefficient (Wildman–Crippen LogP) is 4.79. The Morgan fingerprint density at radius 2 is 1.80 bits per heavy atom. The zero-order valence-corrected chi connectivity index (χ0v) is 26.2. The number of carbonyl (C=O) groups is 2. The molecule has 3 heterocycles. The monoisotopic (exact) mass is 631 g/mol. The molecule has 0 bridgehead atoms. The van der Waals surface area contributed by atoms with Crippen molar-refractivity contribution in [3.8, 4) is 5.69 Å². The first-order valence-corrected chi connectivity index (χ1v) is 15.0. The topological polar surface area (TPSA) is 171 Å². The maximum absolute atomic E-state index is 15.5. The number of hydrogen-bond donors (Lipinski definition) is 4. The van der Waals surface area contributed by atoms with Gasteiger partial charge in [-0.25, -0.2) is 14.2 Å². The third-order valence-electron chi connectivity index (χ3n) is 7.35. The van der Waals surface area contributed by atoms with Gasteiger partial charge >= 0.3 is 6.09 Å². The number of ether oxygens (including phenoxy) is 2. The molecule has 13 nitrogen and oxygen atoms in total. The number of rotatable bonds is 10. The summed E-state index contributed by atoms with van der Waals surface area (Å²) < 4.78 is 27.2.